The van der Waals surface area contributed by atoms with E-state index >= 15 is 0 Å². The van der Waals surface area contributed by atoms with E-state index < -0.39 is 23.3 Å². The predicted octanol–water partition coefficient (Wildman–Crippen LogP) is 6.50. The van der Waals surface area contributed by atoms with Crippen LogP contribution < -0.4 is 9.47 Å². The Morgan fingerprint density at radius 1 is 1.00 bits per heavy atom. The van der Waals surface area contributed by atoms with Gasteiger partial charge < -0.3 is 14.6 Å². The van der Waals surface area contributed by atoms with E-state index in [1.807, 2.05) is 31.2 Å². The zero-order valence-electron chi connectivity index (χ0n) is 21.3. The summed E-state index contributed by atoms with van der Waals surface area (Å²) in [6.45, 7) is 13.8. The number of fused-ring (bicyclic) bond motifs is 1. The minimum Gasteiger partial charge on any atom is -0.481 e. The maximum atomic E-state index is 12.6. The van der Waals surface area contributed by atoms with E-state index in [0.29, 0.717) is 34.6 Å². The number of carbonyl (C=O) groups excluding carboxylic acids is 2. The van der Waals surface area contributed by atoms with Crippen molar-refractivity contribution >= 4 is 28.7 Å². The topological polar surface area (TPSA) is 89.9 Å². The number of carboxylic acid groups (broad SMARTS) is 1. The first-order valence-electron chi connectivity index (χ1n) is 11.7. The van der Waals surface area contributed by atoms with Crippen molar-refractivity contribution in [3.05, 3.63) is 47.0 Å². The summed E-state index contributed by atoms with van der Waals surface area (Å²) in [5.41, 5.74) is 2.29. The summed E-state index contributed by atoms with van der Waals surface area (Å²) >= 11 is 0. The minimum absolute atomic E-state index is 0.234. The first-order chi connectivity index (χ1) is 15.8. The van der Waals surface area contributed by atoms with Crippen LogP contribution in [0.1, 0.15) is 78.4 Å². The highest BCUT2D eigenvalue weighted by atomic mass is 16.5. The first kappa shape index (κ1) is 27.1. The van der Waals surface area contributed by atoms with Gasteiger partial charge in [-0.3, -0.25) is 14.4 Å². The number of benzene rings is 2. The largest absolute Gasteiger partial charge is 0.481 e. The van der Waals surface area contributed by atoms with Gasteiger partial charge in [0.25, 0.3) is 0 Å². The molecule has 1 N–H and O–H groups in total. The molecule has 2 rings (SSSR count). The van der Waals surface area contributed by atoms with Crippen molar-refractivity contribution in [3.63, 3.8) is 0 Å². The summed E-state index contributed by atoms with van der Waals surface area (Å²) in [5, 5.41) is 10.3. The van der Waals surface area contributed by atoms with E-state index in [1.165, 1.54) is 12.5 Å². The Labute approximate surface area is 201 Å². The van der Waals surface area contributed by atoms with Crippen LogP contribution >= 0.6 is 0 Å². The lowest BCUT2D eigenvalue weighted by Crippen LogP contribution is -2.22. The Hall–Kier alpha value is -3.15. The molecule has 0 radical (unpaired) electrons. The molecule has 0 aliphatic carbocycles. The van der Waals surface area contributed by atoms with E-state index in [4.69, 9.17) is 14.6 Å². The zero-order chi connectivity index (χ0) is 25.6. The van der Waals surface area contributed by atoms with Gasteiger partial charge in [0.05, 0.1) is 12.8 Å². The fourth-order valence-electron chi connectivity index (χ4n) is 4.33. The number of esters is 2. The number of carboxylic acids is 1. The molecule has 0 spiro atoms. The fraction of sp³-hybridized carbons (Fsp3) is 0.464. The summed E-state index contributed by atoms with van der Waals surface area (Å²) < 4.78 is 11.5. The Morgan fingerprint density at radius 3 is 2.12 bits per heavy atom. The molecule has 0 heterocycles. The Bertz CT molecular complexity index is 1110. The molecule has 0 saturated carbocycles. The molecule has 184 valence electrons. The third-order valence-corrected chi connectivity index (χ3v) is 5.73. The van der Waals surface area contributed by atoms with Gasteiger partial charge in [0.2, 0.25) is 0 Å². The summed E-state index contributed by atoms with van der Waals surface area (Å²) in [6, 6.07) is 7.29. The lowest BCUT2D eigenvalue weighted by atomic mass is 9.76. The third kappa shape index (κ3) is 6.92. The van der Waals surface area contributed by atoms with E-state index in [0.717, 1.165) is 17.5 Å². The van der Waals surface area contributed by atoms with Crippen LogP contribution in [0.3, 0.4) is 0 Å². The summed E-state index contributed by atoms with van der Waals surface area (Å²) in [7, 11) is 0. The molecule has 0 unspecified atom stereocenters. The van der Waals surface area contributed by atoms with Gasteiger partial charge in [-0.2, -0.15) is 0 Å². The van der Waals surface area contributed by atoms with Crippen molar-refractivity contribution in [2.24, 2.45) is 5.92 Å². The molecule has 0 aromatic heterocycles. The highest BCUT2D eigenvalue weighted by molar-refractivity contribution is 5.99. The SMILES string of the molecule is CC(=O)Oc1c(C)c(C(C)(C)C/C=C(\C)CC(C)C)c(OC(=O)CCC(=O)O)c2ccccc12. The van der Waals surface area contributed by atoms with Crippen LogP contribution in [0, 0.1) is 12.8 Å². The van der Waals surface area contributed by atoms with Gasteiger partial charge in [0.1, 0.15) is 11.5 Å². The van der Waals surface area contributed by atoms with E-state index in [9.17, 15) is 14.4 Å². The summed E-state index contributed by atoms with van der Waals surface area (Å²) in [4.78, 5) is 35.5. The van der Waals surface area contributed by atoms with Gasteiger partial charge in [-0.15, -0.1) is 0 Å². The molecular formula is C28H36O6. The normalized spacial score (nSPS) is 12.2. The van der Waals surface area contributed by atoms with Crippen LogP contribution in [0.25, 0.3) is 10.8 Å². The van der Waals surface area contributed by atoms with Gasteiger partial charge in [-0.25, -0.2) is 0 Å². The summed E-state index contributed by atoms with van der Waals surface area (Å²) in [6.07, 6.45) is 3.33. The maximum Gasteiger partial charge on any atom is 0.311 e. The lowest BCUT2D eigenvalue weighted by Gasteiger charge is -2.30. The van der Waals surface area contributed by atoms with Crippen molar-refractivity contribution in [3.8, 4) is 11.5 Å². The maximum absolute atomic E-state index is 12.6. The molecule has 0 fully saturated rings. The van der Waals surface area contributed by atoms with Gasteiger partial charge in [0.15, 0.2) is 0 Å². The van der Waals surface area contributed by atoms with Gasteiger partial charge in [-0.1, -0.05) is 63.6 Å². The first-order valence-corrected chi connectivity index (χ1v) is 11.7. The molecule has 34 heavy (non-hydrogen) atoms. The molecule has 0 atom stereocenters. The molecular weight excluding hydrogens is 432 g/mol. The fourth-order valence-corrected chi connectivity index (χ4v) is 4.33. The zero-order valence-corrected chi connectivity index (χ0v) is 21.3. The molecule has 0 aliphatic heterocycles. The average Bonchev–Trinajstić information content (AvgIpc) is 2.73. The Kier molecular flexibility index (Phi) is 9.02. The highest BCUT2D eigenvalue weighted by Gasteiger charge is 2.31. The van der Waals surface area contributed by atoms with Crippen molar-refractivity contribution in [1.82, 2.24) is 0 Å². The molecule has 0 amide bonds. The number of aliphatic carboxylic acids is 1. The number of hydrogen-bond acceptors (Lipinski definition) is 5. The second kappa shape index (κ2) is 11.3. The Morgan fingerprint density at radius 2 is 1.59 bits per heavy atom. The Balaban J connectivity index is 2.72. The van der Waals surface area contributed by atoms with Crippen molar-refractivity contribution in [1.29, 1.82) is 0 Å². The lowest BCUT2D eigenvalue weighted by molar-refractivity contribution is -0.142. The predicted molar refractivity (Wildman–Crippen MR) is 133 cm³/mol. The van der Waals surface area contributed by atoms with Crippen molar-refractivity contribution in [2.75, 3.05) is 0 Å². The molecule has 0 bridgehead atoms. The quantitative estimate of drug-likeness (QED) is 0.243. The second-order valence-corrected chi connectivity index (χ2v) is 9.90. The monoisotopic (exact) mass is 468 g/mol. The molecule has 0 aliphatic rings. The van der Waals surface area contributed by atoms with Gasteiger partial charge in [0, 0.05) is 23.3 Å². The summed E-state index contributed by atoms with van der Waals surface area (Å²) in [5.74, 6) is -0.733. The van der Waals surface area contributed by atoms with Gasteiger partial charge >= 0.3 is 17.9 Å². The highest BCUT2D eigenvalue weighted by Crippen LogP contribution is 2.47. The van der Waals surface area contributed by atoms with Crippen molar-refractivity contribution < 1.29 is 29.0 Å². The van der Waals surface area contributed by atoms with Gasteiger partial charge in [-0.05, 0) is 43.6 Å². The number of allylic oxidation sites excluding steroid dienone is 2. The van der Waals surface area contributed by atoms with E-state index in [-0.39, 0.29) is 12.8 Å². The smallest absolute Gasteiger partial charge is 0.311 e. The molecule has 6 heteroatoms. The second-order valence-electron chi connectivity index (χ2n) is 9.90. The van der Waals surface area contributed by atoms with Crippen LogP contribution in [0.5, 0.6) is 11.5 Å². The van der Waals surface area contributed by atoms with Crippen LogP contribution in [0.15, 0.2) is 35.9 Å². The molecule has 6 nitrogen and oxygen atoms in total. The van der Waals surface area contributed by atoms with Crippen LogP contribution in [-0.2, 0) is 19.8 Å². The minimum atomic E-state index is -1.06. The van der Waals surface area contributed by atoms with Crippen molar-refractivity contribution in [2.45, 2.75) is 79.6 Å². The number of ether oxygens (including phenoxy) is 2. The average molecular weight is 469 g/mol. The number of carbonyl (C=O) groups is 3. The van der Waals surface area contributed by atoms with E-state index in [2.05, 4.69) is 40.7 Å². The van der Waals surface area contributed by atoms with Crippen LogP contribution in [0.2, 0.25) is 0 Å². The molecule has 2 aromatic rings. The number of rotatable bonds is 10. The van der Waals surface area contributed by atoms with Crippen LogP contribution in [0.4, 0.5) is 0 Å². The van der Waals surface area contributed by atoms with E-state index in [1.54, 1.807) is 0 Å². The number of hydrogen-bond donors (Lipinski definition) is 1. The third-order valence-electron chi connectivity index (χ3n) is 5.73. The molecule has 0 saturated heterocycles. The standard InChI is InChI=1S/C28H36O6/c1-17(2)16-18(3)14-15-28(6,7)25-19(4)26(33-20(5)29)21-10-8-9-11-22(21)27(25)34-24(32)13-12-23(30)31/h8-11,14,17H,12-13,15-16H2,1-7H3,(H,30,31)/b18-14+. The van der Waals surface area contributed by atoms with Crippen LogP contribution in [-0.4, -0.2) is 23.0 Å². The molecule has 2 aromatic carbocycles.